The molecule has 1 aromatic heterocycles. The lowest BCUT2D eigenvalue weighted by atomic mass is 10.0. The second-order valence-electron chi connectivity index (χ2n) is 6.07. The zero-order valence-electron chi connectivity index (χ0n) is 14.2. The number of likely N-dealkylation sites (tertiary alicyclic amines) is 1. The molecule has 2 atom stereocenters. The van der Waals surface area contributed by atoms with E-state index in [0.717, 1.165) is 12.8 Å². The van der Waals surface area contributed by atoms with Crippen LogP contribution in [0.25, 0.3) is 0 Å². The van der Waals surface area contributed by atoms with Gasteiger partial charge in [0, 0.05) is 31.0 Å². The first kappa shape index (κ1) is 19.9. The van der Waals surface area contributed by atoms with Crippen LogP contribution in [0.2, 0.25) is 0 Å². The maximum absolute atomic E-state index is 12.9. The van der Waals surface area contributed by atoms with Crippen LogP contribution in [0.3, 0.4) is 0 Å². The fourth-order valence-electron chi connectivity index (χ4n) is 2.98. The van der Waals surface area contributed by atoms with Crippen molar-refractivity contribution in [1.29, 1.82) is 0 Å². The predicted octanol–water partition coefficient (Wildman–Crippen LogP) is 1.96. The van der Waals surface area contributed by atoms with Crippen molar-refractivity contribution >= 4 is 24.2 Å². The van der Waals surface area contributed by atoms with Crippen molar-refractivity contribution in [3.05, 3.63) is 66.0 Å². The number of amides is 2. The molecule has 2 aromatic rings. The van der Waals surface area contributed by atoms with Gasteiger partial charge in [-0.3, -0.25) is 14.6 Å². The highest BCUT2D eigenvalue weighted by molar-refractivity contribution is 5.97. The monoisotopic (exact) mass is 375 g/mol. The Bertz CT molecular complexity index is 721. The van der Waals surface area contributed by atoms with E-state index < -0.39 is 12.1 Å². The predicted molar refractivity (Wildman–Crippen MR) is 100.0 cm³/mol. The molecule has 1 fully saturated rings. The highest BCUT2D eigenvalue weighted by Crippen LogP contribution is 2.20. The minimum absolute atomic E-state index is 0. The Morgan fingerprint density at radius 2 is 1.65 bits per heavy atom. The molecule has 0 radical (unpaired) electrons. The van der Waals surface area contributed by atoms with Gasteiger partial charge in [-0.05, 0) is 42.7 Å². The molecule has 0 bridgehead atoms. The normalized spacial score (nSPS) is 15.7. The van der Waals surface area contributed by atoms with E-state index >= 15 is 0 Å². The molecule has 6 nitrogen and oxygen atoms in total. The SMILES string of the molecule is Cl.O=C(NC(C(=O)N1CCCC1)[C@@H](O)c1ccncc1)c1ccccc1. The standard InChI is InChI=1S/C19H21N3O3.ClH/c23-17(14-8-10-20-11-9-14)16(19(25)22-12-4-5-13-22)21-18(24)15-6-2-1-3-7-15;/h1-3,6-11,16-17,23H,4-5,12-13H2,(H,21,24);1H/t16?,17-;/m0./s1. The van der Waals surface area contributed by atoms with Gasteiger partial charge in [0.2, 0.25) is 5.91 Å². The quantitative estimate of drug-likeness (QED) is 0.836. The van der Waals surface area contributed by atoms with Gasteiger partial charge in [-0.25, -0.2) is 0 Å². The summed E-state index contributed by atoms with van der Waals surface area (Å²) in [6.45, 7) is 1.30. The average Bonchev–Trinajstić information content (AvgIpc) is 3.21. The van der Waals surface area contributed by atoms with E-state index in [0.29, 0.717) is 24.2 Å². The summed E-state index contributed by atoms with van der Waals surface area (Å²) >= 11 is 0. The zero-order valence-corrected chi connectivity index (χ0v) is 15.1. The second-order valence-corrected chi connectivity index (χ2v) is 6.07. The lowest BCUT2D eigenvalue weighted by Crippen LogP contribution is -2.51. The van der Waals surface area contributed by atoms with E-state index in [1.165, 1.54) is 0 Å². The third-order valence-electron chi connectivity index (χ3n) is 4.37. The fraction of sp³-hybridized carbons (Fsp3) is 0.316. The van der Waals surface area contributed by atoms with Gasteiger partial charge in [-0.2, -0.15) is 0 Å². The van der Waals surface area contributed by atoms with Crippen LogP contribution < -0.4 is 5.32 Å². The van der Waals surface area contributed by atoms with Crippen LogP contribution >= 0.6 is 12.4 Å². The van der Waals surface area contributed by atoms with Crippen molar-refractivity contribution in [3.63, 3.8) is 0 Å². The Labute approximate surface area is 158 Å². The van der Waals surface area contributed by atoms with Crippen molar-refractivity contribution in [2.24, 2.45) is 0 Å². The Balaban J connectivity index is 0.00000243. The van der Waals surface area contributed by atoms with Crippen LogP contribution in [0.5, 0.6) is 0 Å². The molecular formula is C19H22ClN3O3. The fourth-order valence-corrected chi connectivity index (χ4v) is 2.98. The van der Waals surface area contributed by atoms with Crippen molar-refractivity contribution < 1.29 is 14.7 Å². The van der Waals surface area contributed by atoms with Crippen molar-refractivity contribution in [2.75, 3.05) is 13.1 Å². The molecule has 1 unspecified atom stereocenters. The average molecular weight is 376 g/mol. The lowest BCUT2D eigenvalue weighted by molar-refractivity contribution is -0.135. The number of aliphatic hydroxyl groups excluding tert-OH is 1. The summed E-state index contributed by atoms with van der Waals surface area (Å²) in [4.78, 5) is 31.0. The molecule has 26 heavy (non-hydrogen) atoms. The number of aliphatic hydroxyl groups is 1. The van der Waals surface area contributed by atoms with Crippen LogP contribution in [0.1, 0.15) is 34.9 Å². The van der Waals surface area contributed by atoms with Crippen LogP contribution in [0.15, 0.2) is 54.9 Å². The topological polar surface area (TPSA) is 82.5 Å². The van der Waals surface area contributed by atoms with Gasteiger partial charge in [0.05, 0.1) is 0 Å². The van der Waals surface area contributed by atoms with Gasteiger partial charge in [-0.1, -0.05) is 18.2 Å². The summed E-state index contributed by atoms with van der Waals surface area (Å²) in [5, 5.41) is 13.4. The molecular weight excluding hydrogens is 354 g/mol. The van der Waals surface area contributed by atoms with Crippen LogP contribution in [0, 0.1) is 0 Å². The number of nitrogens with one attached hydrogen (secondary N) is 1. The van der Waals surface area contributed by atoms with Crippen LogP contribution in [0.4, 0.5) is 0 Å². The summed E-state index contributed by atoms with van der Waals surface area (Å²) in [5.41, 5.74) is 0.990. The molecule has 0 saturated carbocycles. The summed E-state index contributed by atoms with van der Waals surface area (Å²) in [5.74, 6) is -0.641. The molecule has 2 heterocycles. The van der Waals surface area contributed by atoms with Crippen LogP contribution in [-0.2, 0) is 4.79 Å². The summed E-state index contributed by atoms with van der Waals surface area (Å²) in [7, 11) is 0. The summed E-state index contributed by atoms with van der Waals surface area (Å²) in [6, 6.07) is 10.9. The summed E-state index contributed by atoms with van der Waals surface area (Å²) in [6.07, 6.45) is 3.85. The van der Waals surface area contributed by atoms with Crippen LogP contribution in [-0.4, -0.2) is 45.9 Å². The van der Waals surface area contributed by atoms with Gasteiger partial charge in [0.25, 0.3) is 5.91 Å². The van der Waals surface area contributed by atoms with Crippen molar-refractivity contribution in [3.8, 4) is 0 Å². The third kappa shape index (κ3) is 4.59. The number of carbonyl (C=O) groups excluding carboxylic acids is 2. The van der Waals surface area contributed by atoms with Gasteiger partial charge in [0.15, 0.2) is 0 Å². The highest BCUT2D eigenvalue weighted by atomic mass is 35.5. The minimum Gasteiger partial charge on any atom is -0.386 e. The first-order valence-corrected chi connectivity index (χ1v) is 8.39. The Hall–Kier alpha value is -2.44. The number of benzene rings is 1. The van der Waals surface area contributed by atoms with E-state index in [2.05, 4.69) is 10.3 Å². The van der Waals surface area contributed by atoms with Gasteiger partial charge >= 0.3 is 0 Å². The number of hydrogen-bond donors (Lipinski definition) is 2. The molecule has 0 spiro atoms. The number of aromatic nitrogens is 1. The molecule has 3 rings (SSSR count). The number of hydrogen-bond acceptors (Lipinski definition) is 4. The molecule has 1 aliphatic rings. The zero-order chi connectivity index (χ0) is 17.6. The number of halogens is 1. The number of nitrogens with zero attached hydrogens (tertiary/aromatic N) is 2. The number of rotatable bonds is 5. The van der Waals surface area contributed by atoms with E-state index in [4.69, 9.17) is 0 Å². The van der Waals surface area contributed by atoms with E-state index in [1.54, 1.807) is 53.7 Å². The Morgan fingerprint density at radius 3 is 2.27 bits per heavy atom. The van der Waals surface area contributed by atoms with E-state index in [-0.39, 0.29) is 24.2 Å². The summed E-state index contributed by atoms with van der Waals surface area (Å²) < 4.78 is 0. The van der Waals surface area contributed by atoms with Crippen molar-refractivity contribution in [1.82, 2.24) is 15.2 Å². The maximum atomic E-state index is 12.9. The number of pyridine rings is 1. The molecule has 1 aliphatic heterocycles. The molecule has 7 heteroatoms. The number of carbonyl (C=O) groups is 2. The Morgan fingerprint density at radius 1 is 1.04 bits per heavy atom. The molecule has 2 N–H and O–H groups in total. The first-order valence-electron chi connectivity index (χ1n) is 8.39. The molecule has 1 saturated heterocycles. The minimum atomic E-state index is -1.14. The first-order chi connectivity index (χ1) is 12.2. The van der Waals surface area contributed by atoms with Gasteiger partial charge in [-0.15, -0.1) is 12.4 Å². The van der Waals surface area contributed by atoms with E-state index in [9.17, 15) is 14.7 Å². The Kier molecular flexibility index (Phi) is 7.12. The third-order valence-corrected chi connectivity index (χ3v) is 4.37. The molecule has 0 aliphatic carbocycles. The second kappa shape index (κ2) is 9.31. The molecule has 1 aromatic carbocycles. The van der Waals surface area contributed by atoms with Gasteiger partial charge in [0.1, 0.15) is 12.1 Å². The largest absolute Gasteiger partial charge is 0.386 e. The highest BCUT2D eigenvalue weighted by Gasteiger charge is 2.34. The smallest absolute Gasteiger partial charge is 0.252 e. The van der Waals surface area contributed by atoms with Gasteiger partial charge < -0.3 is 15.3 Å². The molecule has 138 valence electrons. The van der Waals surface area contributed by atoms with E-state index in [1.807, 2.05) is 6.07 Å². The maximum Gasteiger partial charge on any atom is 0.252 e. The molecule has 2 amide bonds. The lowest BCUT2D eigenvalue weighted by Gasteiger charge is -2.28. The van der Waals surface area contributed by atoms with Crippen molar-refractivity contribution in [2.45, 2.75) is 25.0 Å².